The Hall–Kier alpha value is -1.27. The van der Waals surface area contributed by atoms with E-state index in [1.54, 1.807) is 7.05 Å². The van der Waals surface area contributed by atoms with Crippen LogP contribution < -0.4 is 5.73 Å². The molecule has 0 bridgehead atoms. The Kier molecular flexibility index (Phi) is 4.59. The van der Waals surface area contributed by atoms with Gasteiger partial charge in [0.2, 0.25) is 10.0 Å². The molecule has 0 aliphatic carbocycles. The highest BCUT2D eigenvalue weighted by Gasteiger charge is 2.21. The third-order valence-corrected chi connectivity index (χ3v) is 4.58. The topological polar surface area (TPSA) is 83.6 Å². The summed E-state index contributed by atoms with van der Waals surface area (Å²) in [6.07, 6.45) is 0.795. The van der Waals surface area contributed by atoms with Crippen LogP contribution in [0.4, 0.5) is 5.69 Å². The predicted molar refractivity (Wildman–Crippen MR) is 71.8 cm³/mol. The molecule has 0 spiro atoms. The monoisotopic (exact) mass is 272 g/mol. The maximum atomic E-state index is 12.2. The number of hydrogen-bond acceptors (Lipinski definition) is 4. The predicted octanol–water partition coefficient (Wildman–Crippen LogP) is 1.64. The van der Waals surface area contributed by atoms with E-state index in [0.29, 0.717) is 12.5 Å². The van der Waals surface area contributed by atoms with E-state index < -0.39 is 10.0 Å². The Balaban J connectivity index is 2.95. The first kappa shape index (κ1) is 14.8. The van der Waals surface area contributed by atoms with Gasteiger partial charge in [-0.3, -0.25) is 0 Å². The number of phenols is 1. The average Bonchev–Trinajstić information content (AvgIpc) is 2.29. The first-order valence-corrected chi connectivity index (χ1v) is 7.24. The molecule has 0 saturated carbocycles. The summed E-state index contributed by atoms with van der Waals surface area (Å²) in [6.45, 7) is 4.54. The minimum atomic E-state index is -3.53. The number of hydrogen-bond donors (Lipinski definition) is 2. The Bertz CT molecular complexity index is 512. The molecular weight excluding hydrogens is 252 g/mol. The van der Waals surface area contributed by atoms with E-state index in [0.717, 1.165) is 6.42 Å². The van der Waals surface area contributed by atoms with E-state index in [-0.39, 0.29) is 16.3 Å². The number of nitrogen functional groups attached to an aromatic ring is 1. The molecule has 3 N–H and O–H groups in total. The lowest BCUT2D eigenvalue weighted by atomic mass is 10.1. The van der Waals surface area contributed by atoms with Crippen molar-refractivity contribution in [2.45, 2.75) is 25.2 Å². The quantitative estimate of drug-likeness (QED) is 0.630. The number of sulfonamides is 1. The molecule has 0 aromatic heterocycles. The molecule has 0 aliphatic rings. The number of phenolic OH excluding ortho intramolecular Hbond substituents is 1. The first-order valence-electron chi connectivity index (χ1n) is 5.80. The lowest BCUT2D eigenvalue weighted by Gasteiger charge is -2.18. The highest BCUT2D eigenvalue weighted by atomic mass is 32.2. The summed E-state index contributed by atoms with van der Waals surface area (Å²) >= 11 is 0. The van der Waals surface area contributed by atoms with Crippen molar-refractivity contribution in [1.29, 1.82) is 0 Å². The van der Waals surface area contributed by atoms with Gasteiger partial charge in [-0.25, -0.2) is 12.7 Å². The van der Waals surface area contributed by atoms with Gasteiger partial charge in [-0.2, -0.15) is 0 Å². The normalized spacial score (nSPS) is 12.3. The van der Waals surface area contributed by atoms with Gasteiger partial charge in [0.25, 0.3) is 0 Å². The first-order chi connectivity index (χ1) is 8.25. The number of nitrogens with two attached hydrogens (primary N) is 1. The largest absolute Gasteiger partial charge is 0.506 e. The Labute approximate surface area is 108 Å². The number of nitrogens with zero attached hydrogens (tertiary/aromatic N) is 1. The number of benzene rings is 1. The molecule has 18 heavy (non-hydrogen) atoms. The van der Waals surface area contributed by atoms with Crippen LogP contribution in [-0.2, 0) is 10.0 Å². The van der Waals surface area contributed by atoms with Crippen LogP contribution in [0, 0.1) is 5.92 Å². The Morgan fingerprint density at radius 2 is 2.00 bits per heavy atom. The molecule has 0 unspecified atom stereocenters. The second-order valence-corrected chi connectivity index (χ2v) is 6.77. The van der Waals surface area contributed by atoms with Gasteiger partial charge in [-0.05, 0) is 30.5 Å². The molecule has 1 aromatic carbocycles. The highest BCUT2D eigenvalue weighted by molar-refractivity contribution is 7.89. The van der Waals surface area contributed by atoms with Gasteiger partial charge < -0.3 is 10.8 Å². The van der Waals surface area contributed by atoms with Gasteiger partial charge in [0.15, 0.2) is 0 Å². The summed E-state index contributed by atoms with van der Waals surface area (Å²) in [5.41, 5.74) is 5.57. The standard InChI is InChI=1S/C12H20N2O3S/c1-9(2)6-7-14(3)18(16,17)10-4-5-12(15)11(13)8-10/h4-5,8-9,15H,6-7,13H2,1-3H3. The second-order valence-electron chi connectivity index (χ2n) is 4.73. The summed E-state index contributed by atoms with van der Waals surface area (Å²) in [5, 5.41) is 9.29. The fourth-order valence-electron chi connectivity index (χ4n) is 1.43. The van der Waals surface area contributed by atoms with Crippen molar-refractivity contribution in [1.82, 2.24) is 4.31 Å². The van der Waals surface area contributed by atoms with Crippen molar-refractivity contribution < 1.29 is 13.5 Å². The van der Waals surface area contributed by atoms with Crippen LogP contribution in [0.1, 0.15) is 20.3 Å². The Morgan fingerprint density at radius 1 is 1.39 bits per heavy atom. The summed E-state index contributed by atoms with van der Waals surface area (Å²) in [4.78, 5) is 0.101. The van der Waals surface area contributed by atoms with Crippen molar-refractivity contribution in [3.05, 3.63) is 18.2 Å². The molecule has 6 heteroatoms. The maximum absolute atomic E-state index is 12.2. The van der Waals surface area contributed by atoms with Crippen molar-refractivity contribution in [2.75, 3.05) is 19.3 Å². The van der Waals surface area contributed by atoms with E-state index in [1.165, 1.54) is 22.5 Å². The molecule has 0 aliphatic heterocycles. The summed E-state index contributed by atoms with van der Waals surface area (Å²) in [6, 6.07) is 3.92. The molecule has 0 atom stereocenters. The zero-order valence-corrected chi connectivity index (χ0v) is 11.7. The van der Waals surface area contributed by atoms with Crippen molar-refractivity contribution in [2.24, 2.45) is 5.92 Å². The maximum Gasteiger partial charge on any atom is 0.242 e. The van der Waals surface area contributed by atoms with Crippen LogP contribution in [0.5, 0.6) is 5.75 Å². The lowest BCUT2D eigenvalue weighted by molar-refractivity contribution is 0.428. The zero-order valence-electron chi connectivity index (χ0n) is 10.9. The third-order valence-electron chi connectivity index (χ3n) is 2.73. The molecule has 1 rings (SSSR count). The van der Waals surface area contributed by atoms with Crippen LogP contribution in [0.2, 0.25) is 0 Å². The van der Waals surface area contributed by atoms with Gasteiger partial charge in [-0.1, -0.05) is 13.8 Å². The molecule has 5 nitrogen and oxygen atoms in total. The molecular formula is C12H20N2O3S. The van der Waals surface area contributed by atoms with Crippen molar-refractivity contribution in [3.63, 3.8) is 0 Å². The van der Waals surface area contributed by atoms with Crippen LogP contribution in [0.15, 0.2) is 23.1 Å². The summed E-state index contributed by atoms with van der Waals surface area (Å²) < 4.78 is 25.7. The van der Waals surface area contributed by atoms with Crippen LogP contribution in [0.3, 0.4) is 0 Å². The minimum absolute atomic E-state index is 0.0633. The van der Waals surface area contributed by atoms with Gasteiger partial charge >= 0.3 is 0 Å². The van der Waals surface area contributed by atoms with Crippen molar-refractivity contribution in [3.8, 4) is 5.75 Å². The third kappa shape index (κ3) is 3.36. The highest BCUT2D eigenvalue weighted by Crippen LogP contribution is 2.25. The lowest BCUT2D eigenvalue weighted by Crippen LogP contribution is -2.28. The second kappa shape index (κ2) is 5.58. The number of aromatic hydroxyl groups is 1. The zero-order chi connectivity index (χ0) is 13.9. The van der Waals surface area contributed by atoms with E-state index in [4.69, 9.17) is 5.73 Å². The van der Waals surface area contributed by atoms with Gasteiger partial charge in [0.1, 0.15) is 5.75 Å². The molecule has 0 fully saturated rings. The van der Waals surface area contributed by atoms with Gasteiger partial charge in [0.05, 0.1) is 10.6 Å². The molecule has 0 saturated heterocycles. The SMILES string of the molecule is CC(C)CCN(C)S(=O)(=O)c1ccc(O)c(N)c1. The fraction of sp³-hybridized carbons (Fsp3) is 0.500. The molecule has 1 aromatic rings. The van der Waals surface area contributed by atoms with Crippen LogP contribution >= 0.6 is 0 Å². The molecule has 0 radical (unpaired) electrons. The van der Waals surface area contributed by atoms with E-state index >= 15 is 0 Å². The van der Waals surface area contributed by atoms with Gasteiger partial charge in [0, 0.05) is 13.6 Å². The molecule has 0 heterocycles. The van der Waals surface area contributed by atoms with Crippen LogP contribution in [0.25, 0.3) is 0 Å². The molecule has 0 amide bonds. The van der Waals surface area contributed by atoms with Crippen LogP contribution in [-0.4, -0.2) is 31.4 Å². The number of anilines is 1. The van der Waals surface area contributed by atoms with Crippen molar-refractivity contribution >= 4 is 15.7 Å². The smallest absolute Gasteiger partial charge is 0.242 e. The van der Waals surface area contributed by atoms with Gasteiger partial charge in [-0.15, -0.1) is 0 Å². The fourth-order valence-corrected chi connectivity index (χ4v) is 2.65. The summed E-state index contributed by atoms with van der Waals surface area (Å²) in [7, 11) is -1.99. The molecule has 102 valence electrons. The number of rotatable bonds is 5. The van der Waals surface area contributed by atoms with E-state index in [2.05, 4.69) is 0 Å². The minimum Gasteiger partial charge on any atom is -0.506 e. The summed E-state index contributed by atoms with van der Waals surface area (Å²) in [5.74, 6) is 0.325. The van der Waals surface area contributed by atoms with E-state index in [1.807, 2.05) is 13.8 Å². The van der Waals surface area contributed by atoms with E-state index in [9.17, 15) is 13.5 Å². The Morgan fingerprint density at radius 3 is 2.50 bits per heavy atom. The average molecular weight is 272 g/mol.